The summed E-state index contributed by atoms with van der Waals surface area (Å²) in [4.78, 5) is 24.4. The Morgan fingerprint density at radius 2 is 2.13 bits per heavy atom. The summed E-state index contributed by atoms with van der Waals surface area (Å²) in [6.07, 6.45) is -4.74. The Morgan fingerprint density at radius 1 is 1.37 bits per heavy atom. The highest BCUT2D eigenvalue weighted by Crippen LogP contribution is 2.40. The number of anilines is 3. The van der Waals surface area contributed by atoms with E-state index in [0.29, 0.717) is 23.5 Å². The molecule has 3 atom stereocenters. The van der Waals surface area contributed by atoms with Gasteiger partial charge in [0.1, 0.15) is 11.6 Å². The Bertz CT molecular complexity index is 1000. The van der Waals surface area contributed by atoms with Crippen molar-refractivity contribution >= 4 is 29.0 Å². The van der Waals surface area contributed by atoms with Crippen LogP contribution in [0.25, 0.3) is 0 Å². The van der Waals surface area contributed by atoms with Gasteiger partial charge in [0, 0.05) is 17.8 Å². The van der Waals surface area contributed by atoms with Gasteiger partial charge < -0.3 is 20.7 Å². The molecule has 4 rings (SSSR count). The number of hydrogen-bond donors (Lipinski definition) is 3. The summed E-state index contributed by atoms with van der Waals surface area (Å²) in [5.74, 6) is -0.368. The molecule has 11 heteroatoms. The molecule has 2 aliphatic heterocycles. The highest BCUT2D eigenvalue weighted by molar-refractivity contribution is 6.04. The number of carbonyl (C=O) groups excluding carboxylic acids is 2. The Kier molecular flexibility index (Phi) is 4.83. The second-order valence-corrected chi connectivity index (χ2v) is 7.32. The number of amides is 2. The lowest BCUT2D eigenvalue weighted by molar-refractivity contribution is -0.173. The van der Waals surface area contributed by atoms with Gasteiger partial charge in [-0.25, -0.2) is 4.68 Å². The monoisotopic (exact) mass is 423 g/mol. The van der Waals surface area contributed by atoms with Gasteiger partial charge >= 0.3 is 6.18 Å². The molecule has 1 aromatic heterocycles. The number of aromatic nitrogens is 2. The van der Waals surface area contributed by atoms with Gasteiger partial charge in [0.2, 0.25) is 0 Å². The lowest BCUT2D eigenvalue weighted by Gasteiger charge is -2.32. The quantitative estimate of drug-likeness (QED) is 0.702. The van der Waals surface area contributed by atoms with Crippen LogP contribution in [0, 0.1) is 0 Å². The van der Waals surface area contributed by atoms with Crippen LogP contribution in [0.2, 0.25) is 0 Å². The van der Waals surface area contributed by atoms with Gasteiger partial charge in [-0.3, -0.25) is 9.59 Å². The summed E-state index contributed by atoms with van der Waals surface area (Å²) in [5.41, 5.74) is 0.592. The third-order valence-corrected chi connectivity index (χ3v) is 5.16. The first kappa shape index (κ1) is 20.0. The molecular weight excluding hydrogens is 403 g/mol. The molecule has 3 heterocycles. The Balaban J connectivity index is 1.56. The molecule has 2 aromatic rings. The number of carbonyl (C=O) groups is 2. The zero-order chi connectivity index (χ0) is 21.6. The first-order valence-electron chi connectivity index (χ1n) is 9.51. The lowest BCUT2D eigenvalue weighted by atomic mass is 10.0. The molecule has 0 spiro atoms. The van der Waals surface area contributed by atoms with E-state index in [0.717, 1.165) is 4.68 Å². The van der Waals surface area contributed by atoms with Crippen LogP contribution in [0.15, 0.2) is 24.3 Å². The molecule has 8 nitrogen and oxygen atoms in total. The molecule has 1 unspecified atom stereocenters. The fourth-order valence-corrected chi connectivity index (χ4v) is 3.51. The van der Waals surface area contributed by atoms with Crippen molar-refractivity contribution in [1.82, 2.24) is 9.78 Å². The van der Waals surface area contributed by atoms with Crippen molar-refractivity contribution in [2.75, 3.05) is 16.0 Å². The summed E-state index contributed by atoms with van der Waals surface area (Å²) >= 11 is 0. The predicted molar refractivity (Wildman–Crippen MR) is 103 cm³/mol. The van der Waals surface area contributed by atoms with E-state index < -0.39 is 24.2 Å². The molecule has 0 fully saturated rings. The van der Waals surface area contributed by atoms with Crippen molar-refractivity contribution in [1.29, 1.82) is 0 Å². The van der Waals surface area contributed by atoms with E-state index in [9.17, 15) is 22.8 Å². The lowest BCUT2D eigenvalue weighted by Crippen LogP contribution is -2.38. The summed E-state index contributed by atoms with van der Waals surface area (Å²) in [5, 5.41) is 12.2. The van der Waals surface area contributed by atoms with Crippen LogP contribution in [0.4, 0.5) is 30.4 Å². The van der Waals surface area contributed by atoms with E-state index in [1.54, 1.807) is 26.0 Å². The second-order valence-electron chi connectivity index (χ2n) is 7.32. The number of alkyl halides is 3. The van der Waals surface area contributed by atoms with Gasteiger partial charge in [-0.2, -0.15) is 18.3 Å². The minimum absolute atomic E-state index is 0.143. The number of rotatable bonds is 3. The van der Waals surface area contributed by atoms with E-state index in [4.69, 9.17) is 4.74 Å². The molecular formula is C19H20F3N5O3. The topological polar surface area (TPSA) is 97.3 Å². The standard InChI is InChI=1S/C19H20F3N5O3/c1-3-10-7-15(19(20,21)22)27-16(23-10)8-13(26-27)18(29)24-11-4-5-14-12(6-11)25-17(28)9(2)30-14/h4-6,8-10,15,23H,3,7H2,1-2H3,(H,24,29)(H,25,28)/t9?,10-,15-/m1/s1. The maximum atomic E-state index is 13.5. The van der Waals surface area contributed by atoms with Crippen molar-refractivity contribution in [2.24, 2.45) is 0 Å². The summed E-state index contributed by atoms with van der Waals surface area (Å²) < 4.78 is 46.7. The molecule has 0 bridgehead atoms. The molecule has 3 N–H and O–H groups in total. The van der Waals surface area contributed by atoms with Crippen LogP contribution >= 0.6 is 0 Å². The summed E-state index contributed by atoms with van der Waals surface area (Å²) in [7, 11) is 0. The highest BCUT2D eigenvalue weighted by Gasteiger charge is 2.46. The van der Waals surface area contributed by atoms with Crippen molar-refractivity contribution < 1.29 is 27.5 Å². The van der Waals surface area contributed by atoms with E-state index >= 15 is 0 Å². The summed E-state index contributed by atoms with van der Waals surface area (Å²) in [6.45, 7) is 3.41. The molecule has 2 aliphatic rings. The van der Waals surface area contributed by atoms with Crippen molar-refractivity contribution in [2.45, 2.75) is 51.1 Å². The first-order chi connectivity index (χ1) is 14.2. The van der Waals surface area contributed by atoms with E-state index in [2.05, 4.69) is 21.0 Å². The largest absolute Gasteiger partial charge is 0.479 e. The SMILES string of the molecule is CC[C@@H]1C[C@H](C(F)(F)F)n2nc(C(=O)Nc3ccc4c(c3)NC(=O)C(C)O4)cc2N1. The van der Waals surface area contributed by atoms with Gasteiger partial charge in [0.25, 0.3) is 11.8 Å². The summed E-state index contributed by atoms with van der Waals surface area (Å²) in [6, 6.07) is 3.83. The van der Waals surface area contributed by atoms with Gasteiger partial charge in [-0.15, -0.1) is 0 Å². The van der Waals surface area contributed by atoms with Crippen molar-refractivity contribution in [3.8, 4) is 5.75 Å². The van der Waals surface area contributed by atoms with E-state index in [1.807, 2.05) is 0 Å². The van der Waals surface area contributed by atoms with Crippen LogP contribution < -0.4 is 20.7 Å². The highest BCUT2D eigenvalue weighted by atomic mass is 19.4. The number of benzene rings is 1. The molecule has 1 aromatic carbocycles. The average Bonchev–Trinajstić information content (AvgIpc) is 3.11. The maximum absolute atomic E-state index is 13.5. The Labute approximate surface area is 169 Å². The number of nitrogens with one attached hydrogen (secondary N) is 3. The van der Waals surface area contributed by atoms with Crippen LogP contribution in [-0.2, 0) is 4.79 Å². The fourth-order valence-electron chi connectivity index (χ4n) is 3.51. The third-order valence-electron chi connectivity index (χ3n) is 5.16. The number of halogens is 3. The smallest absolute Gasteiger partial charge is 0.410 e. The third kappa shape index (κ3) is 3.66. The predicted octanol–water partition coefficient (Wildman–Crippen LogP) is 3.55. The molecule has 0 saturated heterocycles. The molecule has 160 valence electrons. The Hall–Kier alpha value is -3.24. The molecule has 2 amide bonds. The molecule has 0 radical (unpaired) electrons. The maximum Gasteiger partial charge on any atom is 0.410 e. The van der Waals surface area contributed by atoms with Gasteiger partial charge in [-0.05, 0) is 38.0 Å². The van der Waals surface area contributed by atoms with Crippen LogP contribution in [0.5, 0.6) is 5.75 Å². The van der Waals surface area contributed by atoms with Crippen LogP contribution in [0.3, 0.4) is 0 Å². The number of nitrogens with zero attached hydrogens (tertiary/aromatic N) is 2. The average molecular weight is 423 g/mol. The zero-order valence-corrected chi connectivity index (χ0v) is 16.2. The van der Waals surface area contributed by atoms with Crippen LogP contribution in [0.1, 0.15) is 43.2 Å². The molecule has 0 saturated carbocycles. The normalized spacial score (nSPS) is 22.8. The first-order valence-corrected chi connectivity index (χ1v) is 9.51. The van der Waals surface area contributed by atoms with Gasteiger partial charge in [-0.1, -0.05) is 6.92 Å². The second kappa shape index (κ2) is 7.22. The minimum atomic E-state index is -4.47. The number of hydrogen-bond acceptors (Lipinski definition) is 5. The zero-order valence-electron chi connectivity index (χ0n) is 16.2. The van der Waals surface area contributed by atoms with E-state index in [-0.39, 0.29) is 29.9 Å². The van der Waals surface area contributed by atoms with E-state index in [1.165, 1.54) is 12.1 Å². The van der Waals surface area contributed by atoms with Crippen LogP contribution in [-0.4, -0.2) is 39.9 Å². The molecule has 30 heavy (non-hydrogen) atoms. The molecule has 0 aliphatic carbocycles. The van der Waals surface area contributed by atoms with Gasteiger partial charge in [0.15, 0.2) is 17.8 Å². The fraction of sp³-hybridized carbons (Fsp3) is 0.421. The Morgan fingerprint density at radius 3 is 2.83 bits per heavy atom. The minimum Gasteiger partial charge on any atom is -0.479 e. The number of fused-ring (bicyclic) bond motifs is 2. The van der Waals surface area contributed by atoms with Gasteiger partial charge in [0.05, 0.1) is 5.69 Å². The van der Waals surface area contributed by atoms with Crippen molar-refractivity contribution in [3.63, 3.8) is 0 Å². The number of ether oxygens (including phenoxy) is 1. The van der Waals surface area contributed by atoms with Crippen molar-refractivity contribution in [3.05, 3.63) is 30.0 Å².